The number of aliphatic hydroxyl groups excluding tert-OH is 1. The van der Waals surface area contributed by atoms with Crippen LogP contribution in [-0.2, 0) is 13.1 Å². The summed E-state index contributed by atoms with van der Waals surface area (Å²) in [5, 5.41) is 10.3. The molecule has 0 saturated heterocycles. The van der Waals surface area contributed by atoms with Crippen LogP contribution in [0.1, 0.15) is 22.8 Å². The predicted molar refractivity (Wildman–Crippen MR) is 76.4 cm³/mol. The van der Waals surface area contributed by atoms with Crippen molar-refractivity contribution in [3.05, 3.63) is 65.2 Å². The van der Waals surface area contributed by atoms with E-state index in [4.69, 9.17) is 5.73 Å². The fraction of sp³-hybridized carbons (Fsp3) is 0.250. The molecule has 0 saturated carbocycles. The van der Waals surface area contributed by atoms with Gasteiger partial charge in [-0.15, -0.1) is 0 Å². The fourth-order valence-electron chi connectivity index (χ4n) is 2.60. The van der Waals surface area contributed by atoms with Gasteiger partial charge in [0.15, 0.2) is 0 Å². The van der Waals surface area contributed by atoms with Gasteiger partial charge in [-0.3, -0.25) is 4.90 Å². The van der Waals surface area contributed by atoms with Crippen molar-refractivity contribution in [2.75, 3.05) is 12.3 Å². The third-order valence-corrected chi connectivity index (χ3v) is 3.66. The molecule has 2 aromatic rings. The van der Waals surface area contributed by atoms with E-state index < -0.39 is 6.10 Å². The molecule has 2 aromatic carbocycles. The van der Waals surface area contributed by atoms with Gasteiger partial charge in [-0.1, -0.05) is 36.4 Å². The fourth-order valence-corrected chi connectivity index (χ4v) is 2.60. The topological polar surface area (TPSA) is 49.5 Å². The monoisotopic (exact) mass is 254 g/mol. The van der Waals surface area contributed by atoms with Crippen molar-refractivity contribution >= 4 is 5.69 Å². The Morgan fingerprint density at radius 2 is 1.58 bits per heavy atom. The molecular weight excluding hydrogens is 236 g/mol. The highest BCUT2D eigenvalue weighted by atomic mass is 16.3. The van der Waals surface area contributed by atoms with Gasteiger partial charge in [-0.25, -0.2) is 0 Å². The highest BCUT2D eigenvalue weighted by Gasteiger charge is 2.21. The predicted octanol–water partition coefficient (Wildman–Crippen LogP) is 2.32. The van der Waals surface area contributed by atoms with E-state index >= 15 is 0 Å². The van der Waals surface area contributed by atoms with Gasteiger partial charge in [0.25, 0.3) is 0 Å². The summed E-state index contributed by atoms with van der Waals surface area (Å²) in [6.45, 7) is 2.49. The molecule has 1 unspecified atom stereocenters. The number of hydrogen-bond acceptors (Lipinski definition) is 3. The summed E-state index contributed by atoms with van der Waals surface area (Å²) >= 11 is 0. The van der Waals surface area contributed by atoms with E-state index in [1.165, 1.54) is 11.1 Å². The first-order valence-electron chi connectivity index (χ1n) is 6.55. The van der Waals surface area contributed by atoms with Crippen molar-refractivity contribution in [2.45, 2.75) is 19.2 Å². The van der Waals surface area contributed by atoms with Crippen molar-refractivity contribution in [3.63, 3.8) is 0 Å². The summed E-state index contributed by atoms with van der Waals surface area (Å²) in [6, 6.07) is 15.9. The van der Waals surface area contributed by atoms with E-state index in [1.54, 1.807) is 0 Å². The number of fused-ring (bicyclic) bond motifs is 1. The molecule has 3 nitrogen and oxygen atoms in total. The second-order valence-electron chi connectivity index (χ2n) is 5.12. The molecule has 0 amide bonds. The lowest BCUT2D eigenvalue weighted by Gasteiger charge is -2.19. The van der Waals surface area contributed by atoms with E-state index in [-0.39, 0.29) is 0 Å². The summed E-state index contributed by atoms with van der Waals surface area (Å²) in [6.07, 6.45) is -0.463. The number of rotatable bonds is 3. The minimum atomic E-state index is -0.463. The Balaban J connectivity index is 1.66. The molecule has 0 aromatic heterocycles. The molecule has 0 radical (unpaired) electrons. The Morgan fingerprint density at radius 3 is 2.16 bits per heavy atom. The van der Waals surface area contributed by atoms with Crippen LogP contribution in [0.15, 0.2) is 48.5 Å². The molecule has 3 rings (SSSR count). The van der Waals surface area contributed by atoms with Crippen LogP contribution < -0.4 is 5.73 Å². The van der Waals surface area contributed by atoms with Gasteiger partial charge < -0.3 is 10.8 Å². The molecule has 0 fully saturated rings. The lowest BCUT2D eigenvalue weighted by atomic mass is 10.1. The summed E-state index contributed by atoms with van der Waals surface area (Å²) in [5.74, 6) is 0. The summed E-state index contributed by atoms with van der Waals surface area (Å²) in [7, 11) is 0. The van der Waals surface area contributed by atoms with Crippen LogP contribution in [0, 0.1) is 0 Å². The van der Waals surface area contributed by atoms with Crippen molar-refractivity contribution in [3.8, 4) is 0 Å². The first kappa shape index (κ1) is 12.2. The molecule has 98 valence electrons. The number of benzene rings is 2. The maximum Gasteiger partial charge on any atom is 0.0917 e. The Morgan fingerprint density at radius 1 is 1.00 bits per heavy atom. The minimum absolute atomic E-state index is 0.463. The van der Waals surface area contributed by atoms with E-state index in [0.717, 1.165) is 24.3 Å². The van der Waals surface area contributed by atoms with Crippen LogP contribution in [0.3, 0.4) is 0 Å². The van der Waals surface area contributed by atoms with Crippen molar-refractivity contribution in [1.82, 2.24) is 4.90 Å². The minimum Gasteiger partial charge on any atom is -0.399 e. The normalized spacial score (nSPS) is 16.3. The molecule has 1 atom stereocenters. The van der Waals surface area contributed by atoms with Crippen LogP contribution >= 0.6 is 0 Å². The number of β-amino-alcohol motifs (C(OH)–C–C–N with tert-alkyl or cyclic N) is 1. The number of hydrogen-bond donors (Lipinski definition) is 2. The van der Waals surface area contributed by atoms with Crippen LogP contribution in [0.5, 0.6) is 0 Å². The maximum atomic E-state index is 10.3. The van der Waals surface area contributed by atoms with E-state index in [9.17, 15) is 5.11 Å². The van der Waals surface area contributed by atoms with Crippen LogP contribution in [0.25, 0.3) is 0 Å². The molecule has 3 heteroatoms. The van der Waals surface area contributed by atoms with Gasteiger partial charge >= 0.3 is 0 Å². The standard InChI is InChI=1S/C16H18N2O/c17-15-7-5-12(6-8-15)16(19)11-18-9-13-3-1-2-4-14(13)10-18/h1-8,16,19H,9-11,17H2. The first-order valence-corrected chi connectivity index (χ1v) is 6.55. The molecule has 19 heavy (non-hydrogen) atoms. The third kappa shape index (κ3) is 2.62. The van der Waals surface area contributed by atoms with Crippen LogP contribution in [0.2, 0.25) is 0 Å². The highest BCUT2D eigenvalue weighted by molar-refractivity contribution is 5.40. The van der Waals surface area contributed by atoms with Gasteiger partial charge in [0.2, 0.25) is 0 Å². The maximum absolute atomic E-state index is 10.3. The van der Waals surface area contributed by atoms with E-state index in [1.807, 2.05) is 24.3 Å². The summed E-state index contributed by atoms with van der Waals surface area (Å²) in [4.78, 5) is 2.27. The summed E-state index contributed by atoms with van der Waals surface area (Å²) in [5.41, 5.74) is 10.0. The number of aliphatic hydroxyl groups is 1. The van der Waals surface area contributed by atoms with E-state index in [2.05, 4.69) is 29.2 Å². The number of nitrogens with zero attached hydrogens (tertiary/aromatic N) is 1. The van der Waals surface area contributed by atoms with Crippen molar-refractivity contribution in [2.24, 2.45) is 0 Å². The molecule has 1 aliphatic rings. The van der Waals surface area contributed by atoms with E-state index in [0.29, 0.717) is 6.54 Å². The van der Waals surface area contributed by atoms with Gasteiger partial charge in [0.05, 0.1) is 6.10 Å². The molecule has 1 aliphatic heterocycles. The second-order valence-corrected chi connectivity index (χ2v) is 5.12. The average Bonchev–Trinajstić information content (AvgIpc) is 2.81. The SMILES string of the molecule is Nc1ccc(C(O)CN2Cc3ccccc3C2)cc1. The lowest BCUT2D eigenvalue weighted by Crippen LogP contribution is -2.23. The number of nitrogens with two attached hydrogens (primary N) is 1. The van der Waals surface area contributed by atoms with Crippen molar-refractivity contribution in [1.29, 1.82) is 0 Å². The first-order chi connectivity index (χ1) is 9.22. The lowest BCUT2D eigenvalue weighted by molar-refractivity contribution is 0.112. The largest absolute Gasteiger partial charge is 0.399 e. The molecule has 0 bridgehead atoms. The van der Waals surface area contributed by atoms with Crippen LogP contribution in [-0.4, -0.2) is 16.6 Å². The molecule has 3 N–H and O–H groups in total. The smallest absolute Gasteiger partial charge is 0.0917 e. The Hall–Kier alpha value is -1.84. The summed E-state index contributed by atoms with van der Waals surface area (Å²) < 4.78 is 0. The molecular formula is C16H18N2O. The second kappa shape index (κ2) is 5.03. The van der Waals surface area contributed by atoms with Gasteiger partial charge in [-0.05, 0) is 28.8 Å². The third-order valence-electron chi connectivity index (χ3n) is 3.66. The molecule has 0 spiro atoms. The van der Waals surface area contributed by atoms with Gasteiger partial charge in [-0.2, -0.15) is 0 Å². The molecule has 1 heterocycles. The Labute approximate surface area is 113 Å². The van der Waals surface area contributed by atoms with Crippen LogP contribution in [0.4, 0.5) is 5.69 Å². The number of nitrogen functional groups attached to an aromatic ring is 1. The van der Waals surface area contributed by atoms with Crippen molar-refractivity contribution < 1.29 is 5.11 Å². The highest BCUT2D eigenvalue weighted by Crippen LogP contribution is 2.25. The zero-order valence-electron chi connectivity index (χ0n) is 10.8. The zero-order chi connectivity index (χ0) is 13.2. The Bertz CT molecular complexity index is 540. The quantitative estimate of drug-likeness (QED) is 0.826. The van der Waals surface area contributed by atoms with Gasteiger partial charge in [0, 0.05) is 25.3 Å². The number of anilines is 1. The molecule has 0 aliphatic carbocycles. The van der Waals surface area contributed by atoms with Gasteiger partial charge in [0.1, 0.15) is 0 Å². The Kier molecular flexibility index (Phi) is 3.23. The average molecular weight is 254 g/mol. The zero-order valence-corrected chi connectivity index (χ0v) is 10.8.